The molecule has 0 saturated heterocycles. The number of hydrogen-bond donors (Lipinski definition) is 0. The van der Waals surface area contributed by atoms with Gasteiger partial charge in [0.15, 0.2) is 0 Å². The maximum atomic E-state index is 11.1. The zero-order valence-electron chi connectivity index (χ0n) is 11.8. The Morgan fingerprint density at radius 2 is 1.63 bits per heavy atom. The molecule has 0 aromatic heterocycles. The van der Waals surface area contributed by atoms with E-state index in [1.807, 2.05) is 6.07 Å². The van der Waals surface area contributed by atoms with Crippen molar-refractivity contribution in [3.63, 3.8) is 0 Å². The van der Waals surface area contributed by atoms with Gasteiger partial charge in [-0.25, -0.2) is 4.79 Å². The van der Waals surface area contributed by atoms with E-state index in [4.69, 9.17) is 9.47 Å². The van der Waals surface area contributed by atoms with E-state index in [2.05, 4.69) is 31.2 Å². The minimum absolute atomic E-state index is 0.458. The zero-order chi connectivity index (χ0) is 13.8. The highest BCUT2D eigenvalue weighted by molar-refractivity contribution is 5.59. The predicted molar refractivity (Wildman–Crippen MR) is 76.2 cm³/mol. The monoisotopic (exact) mass is 264 g/mol. The summed E-state index contributed by atoms with van der Waals surface area (Å²) in [5.74, 6) is 0. The molecule has 0 N–H and O–H groups in total. The van der Waals surface area contributed by atoms with E-state index in [-0.39, 0.29) is 0 Å². The molecule has 1 aromatic carbocycles. The molecule has 0 radical (unpaired) electrons. The van der Waals surface area contributed by atoms with Crippen LogP contribution in [-0.4, -0.2) is 19.4 Å². The third-order valence-electron chi connectivity index (χ3n) is 2.89. The highest BCUT2D eigenvalue weighted by atomic mass is 16.7. The van der Waals surface area contributed by atoms with Crippen LogP contribution in [-0.2, 0) is 15.9 Å². The molecule has 0 spiro atoms. The second-order valence-corrected chi connectivity index (χ2v) is 4.60. The Balaban J connectivity index is 1.92. The van der Waals surface area contributed by atoms with Gasteiger partial charge in [-0.2, -0.15) is 0 Å². The van der Waals surface area contributed by atoms with Gasteiger partial charge in [0.1, 0.15) is 0 Å². The Bertz CT molecular complexity index is 335. The number of benzene rings is 1. The number of aryl methyl sites for hydroxylation is 1. The van der Waals surface area contributed by atoms with Crippen LogP contribution in [0.3, 0.4) is 0 Å². The molecule has 106 valence electrons. The summed E-state index contributed by atoms with van der Waals surface area (Å²) in [6.07, 6.45) is 5.56. The van der Waals surface area contributed by atoms with Crippen molar-refractivity contribution in [3.8, 4) is 0 Å². The number of carbonyl (C=O) groups is 1. The van der Waals surface area contributed by atoms with Crippen LogP contribution < -0.4 is 0 Å². The van der Waals surface area contributed by atoms with E-state index in [0.29, 0.717) is 13.2 Å². The van der Waals surface area contributed by atoms with E-state index >= 15 is 0 Å². The normalized spacial score (nSPS) is 10.2. The quantitative estimate of drug-likeness (QED) is 0.491. The third-order valence-corrected chi connectivity index (χ3v) is 2.89. The van der Waals surface area contributed by atoms with Crippen molar-refractivity contribution in [3.05, 3.63) is 35.9 Å². The first-order valence-electron chi connectivity index (χ1n) is 7.16. The molecule has 0 aliphatic heterocycles. The lowest BCUT2D eigenvalue weighted by atomic mass is 10.1. The maximum absolute atomic E-state index is 11.1. The van der Waals surface area contributed by atoms with Crippen molar-refractivity contribution in [2.45, 2.75) is 45.4 Å². The fraction of sp³-hybridized carbons (Fsp3) is 0.562. The van der Waals surface area contributed by atoms with Crippen molar-refractivity contribution in [2.24, 2.45) is 0 Å². The average Bonchev–Trinajstić information content (AvgIpc) is 2.44. The fourth-order valence-electron chi connectivity index (χ4n) is 1.75. The first-order chi connectivity index (χ1) is 9.33. The van der Waals surface area contributed by atoms with Crippen molar-refractivity contribution < 1.29 is 14.3 Å². The summed E-state index contributed by atoms with van der Waals surface area (Å²) in [5, 5.41) is 0. The van der Waals surface area contributed by atoms with Crippen LogP contribution in [0.5, 0.6) is 0 Å². The summed E-state index contributed by atoms with van der Waals surface area (Å²) in [7, 11) is 0. The molecular weight excluding hydrogens is 240 g/mol. The van der Waals surface area contributed by atoms with Crippen molar-refractivity contribution in [1.82, 2.24) is 0 Å². The number of rotatable bonds is 9. The van der Waals surface area contributed by atoms with Gasteiger partial charge in [0.25, 0.3) is 0 Å². The highest BCUT2D eigenvalue weighted by Crippen LogP contribution is 2.06. The summed E-state index contributed by atoms with van der Waals surface area (Å²) < 4.78 is 9.88. The van der Waals surface area contributed by atoms with Crippen LogP contribution >= 0.6 is 0 Å². The van der Waals surface area contributed by atoms with E-state index in [1.165, 1.54) is 5.56 Å². The van der Waals surface area contributed by atoms with Gasteiger partial charge in [-0.1, -0.05) is 43.7 Å². The molecule has 1 rings (SSSR count). The summed E-state index contributed by atoms with van der Waals surface area (Å²) in [5.41, 5.74) is 1.36. The summed E-state index contributed by atoms with van der Waals surface area (Å²) in [6, 6.07) is 10.4. The van der Waals surface area contributed by atoms with E-state index in [0.717, 1.165) is 38.5 Å². The van der Waals surface area contributed by atoms with Gasteiger partial charge < -0.3 is 9.47 Å². The molecule has 1 aromatic rings. The van der Waals surface area contributed by atoms with E-state index < -0.39 is 6.16 Å². The minimum atomic E-state index is -0.531. The average molecular weight is 264 g/mol. The Kier molecular flexibility index (Phi) is 8.52. The largest absolute Gasteiger partial charge is 0.508 e. The van der Waals surface area contributed by atoms with E-state index in [1.54, 1.807) is 0 Å². The second kappa shape index (κ2) is 10.4. The van der Waals surface area contributed by atoms with Gasteiger partial charge in [0, 0.05) is 0 Å². The lowest BCUT2D eigenvalue weighted by molar-refractivity contribution is 0.0533. The van der Waals surface area contributed by atoms with Crippen LogP contribution in [0, 0.1) is 0 Å². The number of unbranched alkanes of at least 4 members (excludes halogenated alkanes) is 3. The SMILES string of the molecule is CCCCOC(=O)OCCCCCc1ccccc1. The molecule has 0 heterocycles. The molecule has 0 unspecified atom stereocenters. The van der Waals surface area contributed by atoms with E-state index in [9.17, 15) is 4.79 Å². The van der Waals surface area contributed by atoms with Gasteiger partial charge in [0.2, 0.25) is 0 Å². The standard InChI is InChI=1S/C16H24O3/c1-2-3-13-18-16(17)19-14-9-5-8-12-15-10-6-4-7-11-15/h4,6-7,10-11H,2-3,5,8-9,12-14H2,1H3. The van der Waals surface area contributed by atoms with Crippen molar-refractivity contribution in [2.75, 3.05) is 13.2 Å². The Labute approximate surface area is 115 Å². The van der Waals surface area contributed by atoms with Gasteiger partial charge >= 0.3 is 6.16 Å². The first kappa shape index (κ1) is 15.5. The maximum Gasteiger partial charge on any atom is 0.508 e. The first-order valence-corrected chi connectivity index (χ1v) is 7.16. The number of carbonyl (C=O) groups excluding carboxylic acids is 1. The Morgan fingerprint density at radius 1 is 0.947 bits per heavy atom. The van der Waals surface area contributed by atoms with Gasteiger partial charge in [-0.05, 0) is 37.7 Å². The number of ether oxygens (including phenoxy) is 2. The van der Waals surface area contributed by atoms with Crippen LogP contribution in [0.15, 0.2) is 30.3 Å². The van der Waals surface area contributed by atoms with Crippen molar-refractivity contribution >= 4 is 6.16 Å². The smallest absolute Gasteiger partial charge is 0.434 e. The molecule has 0 aliphatic carbocycles. The Morgan fingerprint density at radius 3 is 2.32 bits per heavy atom. The Hall–Kier alpha value is -1.51. The number of hydrogen-bond acceptors (Lipinski definition) is 3. The predicted octanol–water partition coefficient (Wildman–Crippen LogP) is 4.35. The fourth-order valence-corrected chi connectivity index (χ4v) is 1.75. The highest BCUT2D eigenvalue weighted by Gasteiger charge is 2.02. The second-order valence-electron chi connectivity index (χ2n) is 4.60. The summed E-state index contributed by atoms with van der Waals surface area (Å²) in [6.45, 7) is 2.98. The summed E-state index contributed by atoms with van der Waals surface area (Å²) >= 11 is 0. The topological polar surface area (TPSA) is 35.5 Å². The molecule has 0 amide bonds. The summed E-state index contributed by atoms with van der Waals surface area (Å²) in [4.78, 5) is 11.1. The molecule has 0 saturated carbocycles. The molecular formula is C16H24O3. The molecule has 19 heavy (non-hydrogen) atoms. The van der Waals surface area contributed by atoms with Gasteiger partial charge in [-0.3, -0.25) is 0 Å². The molecule has 0 fully saturated rings. The molecule has 3 heteroatoms. The van der Waals surface area contributed by atoms with Crippen LogP contribution in [0.1, 0.15) is 44.6 Å². The zero-order valence-corrected chi connectivity index (χ0v) is 11.8. The van der Waals surface area contributed by atoms with Crippen LogP contribution in [0.2, 0.25) is 0 Å². The van der Waals surface area contributed by atoms with Crippen LogP contribution in [0.4, 0.5) is 4.79 Å². The lowest BCUT2D eigenvalue weighted by Crippen LogP contribution is -2.09. The van der Waals surface area contributed by atoms with Gasteiger partial charge in [-0.15, -0.1) is 0 Å². The molecule has 0 bridgehead atoms. The third kappa shape index (κ3) is 8.25. The molecule has 0 atom stereocenters. The van der Waals surface area contributed by atoms with Gasteiger partial charge in [0.05, 0.1) is 13.2 Å². The molecule has 0 aliphatic rings. The van der Waals surface area contributed by atoms with Crippen LogP contribution in [0.25, 0.3) is 0 Å². The lowest BCUT2D eigenvalue weighted by Gasteiger charge is -2.05. The minimum Gasteiger partial charge on any atom is -0.434 e. The molecule has 3 nitrogen and oxygen atoms in total. The van der Waals surface area contributed by atoms with Crippen molar-refractivity contribution in [1.29, 1.82) is 0 Å².